The first-order valence-electron chi connectivity index (χ1n) is 5.99. The van der Waals surface area contributed by atoms with Crippen LogP contribution < -0.4 is 4.74 Å². The number of sulfone groups is 1. The first-order chi connectivity index (χ1) is 8.52. The monoisotopic (exact) mass is 268 g/mol. The van der Waals surface area contributed by atoms with Gasteiger partial charge < -0.3 is 4.74 Å². The predicted octanol–water partition coefficient (Wildman–Crippen LogP) is 1.70. The molecule has 1 heterocycles. The average Bonchev–Trinajstić information content (AvgIpc) is 2.70. The first kappa shape index (κ1) is 13.1. The Morgan fingerprint density at radius 2 is 2.22 bits per heavy atom. The molecule has 0 aromatic heterocycles. The van der Waals surface area contributed by atoms with Crippen molar-refractivity contribution in [1.82, 2.24) is 0 Å². The largest absolute Gasteiger partial charge is 0.494 e. The molecule has 2 rings (SSSR count). The highest BCUT2D eigenvalue weighted by Crippen LogP contribution is 2.24. The van der Waals surface area contributed by atoms with Gasteiger partial charge in [-0.3, -0.25) is 4.79 Å². The molecule has 1 aromatic carbocycles. The van der Waals surface area contributed by atoms with E-state index in [1.54, 1.807) is 24.3 Å². The molecule has 1 saturated heterocycles. The van der Waals surface area contributed by atoms with Gasteiger partial charge in [0, 0.05) is 11.5 Å². The maximum absolute atomic E-state index is 12.2. The van der Waals surface area contributed by atoms with Gasteiger partial charge in [-0.25, -0.2) is 8.42 Å². The van der Waals surface area contributed by atoms with Crippen molar-refractivity contribution in [2.75, 3.05) is 18.1 Å². The SMILES string of the molecule is CCOc1cccc(C(=O)C2CCS(=O)(=O)C2)c1. The summed E-state index contributed by atoms with van der Waals surface area (Å²) in [5.41, 5.74) is 0.531. The van der Waals surface area contributed by atoms with Gasteiger partial charge in [-0.1, -0.05) is 12.1 Å². The number of carbonyl (C=O) groups excluding carboxylic acids is 1. The molecule has 18 heavy (non-hydrogen) atoms. The molecule has 0 aliphatic carbocycles. The minimum Gasteiger partial charge on any atom is -0.494 e. The third-order valence-electron chi connectivity index (χ3n) is 3.03. The highest BCUT2D eigenvalue weighted by atomic mass is 32.2. The number of ketones is 1. The Morgan fingerprint density at radius 1 is 1.44 bits per heavy atom. The van der Waals surface area contributed by atoms with Gasteiger partial charge in [-0.05, 0) is 25.5 Å². The first-order valence-corrected chi connectivity index (χ1v) is 7.81. The van der Waals surface area contributed by atoms with Crippen molar-refractivity contribution in [1.29, 1.82) is 0 Å². The van der Waals surface area contributed by atoms with E-state index in [1.165, 1.54) is 0 Å². The number of Topliss-reactive ketones (excluding diaryl/α,β-unsaturated/α-hetero) is 1. The van der Waals surface area contributed by atoms with Gasteiger partial charge in [0.05, 0.1) is 18.1 Å². The molecule has 1 fully saturated rings. The summed E-state index contributed by atoms with van der Waals surface area (Å²) in [5.74, 6) is 0.243. The van der Waals surface area contributed by atoms with Crippen LogP contribution in [0.3, 0.4) is 0 Å². The molecule has 1 unspecified atom stereocenters. The fourth-order valence-electron chi connectivity index (χ4n) is 2.14. The van der Waals surface area contributed by atoms with Crippen molar-refractivity contribution in [3.63, 3.8) is 0 Å². The summed E-state index contributed by atoms with van der Waals surface area (Å²) in [4.78, 5) is 12.2. The lowest BCUT2D eigenvalue weighted by Gasteiger charge is -2.08. The van der Waals surface area contributed by atoms with Crippen molar-refractivity contribution in [3.05, 3.63) is 29.8 Å². The molecule has 5 heteroatoms. The molecule has 0 amide bonds. The van der Waals surface area contributed by atoms with Crippen LogP contribution in [0.1, 0.15) is 23.7 Å². The molecule has 1 atom stereocenters. The van der Waals surface area contributed by atoms with Crippen LogP contribution in [0.5, 0.6) is 5.75 Å². The normalized spacial score (nSPS) is 21.7. The third kappa shape index (κ3) is 2.90. The second-order valence-corrected chi connectivity index (χ2v) is 6.65. The highest BCUT2D eigenvalue weighted by Gasteiger charge is 2.33. The molecule has 98 valence electrons. The highest BCUT2D eigenvalue weighted by molar-refractivity contribution is 7.91. The Bertz CT molecular complexity index is 548. The van der Waals surface area contributed by atoms with Gasteiger partial charge in [0.1, 0.15) is 5.75 Å². The molecule has 1 aliphatic heterocycles. The molecule has 1 aliphatic rings. The van der Waals surface area contributed by atoms with E-state index in [9.17, 15) is 13.2 Å². The fourth-order valence-corrected chi connectivity index (χ4v) is 3.88. The third-order valence-corrected chi connectivity index (χ3v) is 4.80. The molecule has 0 N–H and O–H groups in total. The number of rotatable bonds is 4. The number of ether oxygens (including phenoxy) is 1. The zero-order chi connectivity index (χ0) is 13.2. The Kier molecular flexibility index (Phi) is 3.71. The Labute approximate surface area is 107 Å². The lowest BCUT2D eigenvalue weighted by Crippen LogP contribution is -2.16. The van der Waals surface area contributed by atoms with E-state index in [0.29, 0.717) is 24.3 Å². The second-order valence-electron chi connectivity index (χ2n) is 4.43. The van der Waals surface area contributed by atoms with Crippen LogP contribution in [0, 0.1) is 5.92 Å². The van der Waals surface area contributed by atoms with Crippen molar-refractivity contribution in [3.8, 4) is 5.75 Å². The standard InChI is InChI=1S/C13H16O4S/c1-2-17-12-5-3-4-10(8-12)13(14)11-6-7-18(15,16)9-11/h3-5,8,11H,2,6-7,9H2,1H3. The summed E-state index contributed by atoms with van der Waals surface area (Å²) in [6.45, 7) is 2.41. The van der Waals surface area contributed by atoms with Crippen LogP contribution in [0.4, 0.5) is 0 Å². The minimum absolute atomic E-state index is 0.0231. The van der Waals surface area contributed by atoms with Crippen molar-refractivity contribution in [2.24, 2.45) is 5.92 Å². The van der Waals surface area contributed by atoms with E-state index in [1.807, 2.05) is 6.92 Å². The van der Waals surface area contributed by atoms with Crippen molar-refractivity contribution < 1.29 is 17.9 Å². The van der Waals surface area contributed by atoms with Crippen LogP contribution >= 0.6 is 0 Å². The lowest BCUT2D eigenvalue weighted by molar-refractivity contribution is 0.0933. The van der Waals surface area contributed by atoms with Crippen molar-refractivity contribution in [2.45, 2.75) is 13.3 Å². The summed E-state index contributed by atoms with van der Waals surface area (Å²) >= 11 is 0. The number of hydrogen-bond donors (Lipinski definition) is 0. The molecular weight excluding hydrogens is 252 g/mol. The van der Waals surface area contributed by atoms with E-state index in [4.69, 9.17) is 4.74 Å². The summed E-state index contributed by atoms with van der Waals surface area (Å²) in [6.07, 6.45) is 0.431. The predicted molar refractivity (Wildman–Crippen MR) is 68.7 cm³/mol. The quantitative estimate of drug-likeness (QED) is 0.780. The zero-order valence-electron chi connectivity index (χ0n) is 10.3. The van der Waals surface area contributed by atoms with Gasteiger partial charge in [0.2, 0.25) is 0 Å². The van der Waals surface area contributed by atoms with E-state index < -0.39 is 15.8 Å². The van der Waals surface area contributed by atoms with Crippen LogP contribution in [0.2, 0.25) is 0 Å². The van der Waals surface area contributed by atoms with Gasteiger partial charge in [-0.2, -0.15) is 0 Å². The average molecular weight is 268 g/mol. The maximum atomic E-state index is 12.2. The zero-order valence-corrected chi connectivity index (χ0v) is 11.1. The number of benzene rings is 1. The van der Waals surface area contributed by atoms with E-state index in [-0.39, 0.29) is 17.3 Å². The summed E-state index contributed by atoms with van der Waals surface area (Å²) < 4.78 is 28.1. The molecule has 0 radical (unpaired) electrons. The summed E-state index contributed by atoms with van der Waals surface area (Å²) in [7, 11) is -3.02. The fraction of sp³-hybridized carbons (Fsp3) is 0.462. The molecule has 0 saturated carbocycles. The molecular formula is C13H16O4S. The molecule has 0 spiro atoms. The summed E-state index contributed by atoms with van der Waals surface area (Å²) in [6, 6.07) is 6.92. The van der Waals surface area contributed by atoms with E-state index in [0.717, 1.165) is 0 Å². The van der Waals surface area contributed by atoms with Crippen LogP contribution in [-0.4, -0.2) is 32.3 Å². The van der Waals surface area contributed by atoms with E-state index in [2.05, 4.69) is 0 Å². The molecule has 4 nitrogen and oxygen atoms in total. The Hall–Kier alpha value is -1.36. The van der Waals surface area contributed by atoms with Crippen LogP contribution in [0.25, 0.3) is 0 Å². The maximum Gasteiger partial charge on any atom is 0.167 e. The van der Waals surface area contributed by atoms with Gasteiger partial charge >= 0.3 is 0 Å². The Balaban J connectivity index is 2.16. The number of carbonyl (C=O) groups is 1. The lowest BCUT2D eigenvalue weighted by atomic mass is 9.97. The topological polar surface area (TPSA) is 60.4 Å². The van der Waals surface area contributed by atoms with Crippen LogP contribution in [0.15, 0.2) is 24.3 Å². The van der Waals surface area contributed by atoms with Gasteiger partial charge in [0.25, 0.3) is 0 Å². The smallest absolute Gasteiger partial charge is 0.167 e. The second kappa shape index (κ2) is 5.10. The Morgan fingerprint density at radius 3 is 2.83 bits per heavy atom. The van der Waals surface area contributed by atoms with Gasteiger partial charge in [0.15, 0.2) is 15.6 Å². The van der Waals surface area contributed by atoms with Gasteiger partial charge in [-0.15, -0.1) is 0 Å². The number of hydrogen-bond acceptors (Lipinski definition) is 4. The van der Waals surface area contributed by atoms with E-state index >= 15 is 0 Å². The summed E-state index contributed by atoms with van der Waals surface area (Å²) in [5, 5.41) is 0. The van der Waals surface area contributed by atoms with Crippen molar-refractivity contribution >= 4 is 15.6 Å². The molecule has 0 bridgehead atoms. The minimum atomic E-state index is -3.02. The molecule has 1 aromatic rings. The van der Waals surface area contributed by atoms with Crippen LogP contribution in [-0.2, 0) is 9.84 Å².